The summed E-state index contributed by atoms with van der Waals surface area (Å²) in [5.74, 6) is -1.80. The molecule has 0 aliphatic carbocycles. The second kappa shape index (κ2) is 25.4. The molecule has 1 amide bonds. The summed E-state index contributed by atoms with van der Waals surface area (Å²) in [7, 11) is 0. The standard InChI is InChI=1S/C38H57N3O6/c1-2-3-4-5-6-9-12-15-18-31-20-22-32(23-21-31)40-41-33-24-26-34(27-25-33)47-30-17-14-11-8-7-10-13-16-19-36(42)39-35(38(45)46)28-29-37(43)44/h20-27,35H,2-19,28-30H2,1H3,(H,39,42)(H,43,44)(H,45,46)/t35-/m0/s1. The van der Waals surface area contributed by atoms with Crippen LogP contribution in [-0.4, -0.2) is 40.7 Å². The predicted octanol–water partition coefficient (Wildman–Crippen LogP) is 10.1. The van der Waals surface area contributed by atoms with Gasteiger partial charge in [0, 0.05) is 12.8 Å². The highest BCUT2D eigenvalue weighted by Gasteiger charge is 2.20. The van der Waals surface area contributed by atoms with Gasteiger partial charge in [-0.15, -0.1) is 0 Å². The monoisotopic (exact) mass is 651 g/mol. The van der Waals surface area contributed by atoms with Crippen molar-refractivity contribution in [3.05, 3.63) is 54.1 Å². The number of nitrogens with one attached hydrogen (secondary N) is 1. The van der Waals surface area contributed by atoms with Crippen molar-refractivity contribution in [3.8, 4) is 5.75 Å². The Balaban J connectivity index is 1.48. The number of aliphatic carboxylic acids is 2. The van der Waals surface area contributed by atoms with Crippen molar-refractivity contribution >= 4 is 29.2 Å². The Hall–Kier alpha value is -3.75. The van der Waals surface area contributed by atoms with Crippen LogP contribution in [0.15, 0.2) is 58.8 Å². The number of amides is 1. The highest BCUT2D eigenvalue weighted by molar-refractivity contribution is 5.83. The minimum absolute atomic E-state index is 0.115. The van der Waals surface area contributed by atoms with Gasteiger partial charge in [0.15, 0.2) is 0 Å². The van der Waals surface area contributed by atoms with Crippen molar-refractivity contribution in [2.45, 2.75) is 141 Å². The lowest BCUT2D eigenvalue weighted by Crippen LogP contribution is -2.41. The molecule has 0 aliphatic heterocycles. The molecule has 0 radical (unpaired) electrons. The molecule has 0 aromatic heterocycles. The van der Waals surface area contributed by atoms with E-state index in [9.17, 15) is 14.4 Å². The molecule has 9 heteroatoms. The Morgan fingerprint density at radius 3 is 1.72 bits per heavy atom. The summed E-state index contributed by atoms with van der Waals surface area (Å²) < 4.78 is 5.88. The van der Waals surface area contributed by atoms with E-state index in [1.165, 1.54) is 56.9 Å². The van der Waals surface area contributed by atoms with E-state index in [0.717, 1.165) is 68.5 Å². The molecule has 0 unspecified atom stereocenters. The molecule has 2 aromatic rings. The summed E-state index contributed by atoms with van der Waals surface area (Å²) in [4.78, 5) is 33.8. The molecule has 9 nitrogen and oxygen atoms in total. The van der Waals surface area contributed by atoms with Crippen molar-refractivity contribution in [1.29, 1.82) is 0 Å². The van der Waals surface area contributed by atoms with Gasteiger partial charge >= 0.3 is 11.9 Å². The number of hydrogen-bond donors (Lipinski definition) is 3. The minimum atomic E-state index is -1.21. The van der Waals surface area contributed by atoms with Crippen LogP contribution in [0.2, 0.25) is 0 Å². The maximum atomic E-state index is 12.0. The number of carbonyl (C=O) groups is 3. The molecular weight excluding hydrogens is 594 g/mol. The molecule has 0 fully saturated rings. The summed E-state index contributed by atoms with van der Waals surface area (Å²) in [6.45, 7) is 2.93. The van der Waals surface area contributed by atoms with E-state index in [2.05, 4.69) is 34.6 Å². The summed E-state index contributed by atoms with van der Waals surface area (Å²) >= 11 is 0. The lowest BCUT2D eigenvalue weighted by atomic mass is 10.0. The molecule has 0 spiro atoms. The van der Waals surface area contributed by atoms with Crippen LogP contribution in [0.1, 0.15) is 134 Å². The van der Waals surface area contributed by atoms with E-state index in [0.29, 0.717) is 13.0 Å². The van der Waals surface area contributed by atoms with E-state index in [1.54, 1.807) is 0 Å². The van der Waals surface area contributed by atoms with Gasteiger partial charge in [0.2, 0.25) is 5.91 Å². The molecule has 260 valence electrons. The number of nitrogens with zero attached hydrogens (tertiary/aromatic N) is 2. The van der Waals surface area contributed by atoms with Gasteiger partial charge in [0.25, 0.3) is 0 Å². The van der Waals surface area contributed by atoms with Crippen LogP contribution in [0.4, 0.5) is 11.4 Å². The second-order valence-electron chi connectivity index (χ2n) is 12.4. The van der Waals surface area contributed by atoms with Gasteiger partial charge in [0.1, 0.15) is 11.8 Å². The van der Waals surface area contributed by atoms with Crippen molar-refractivity contribution < 1.29 is 29.3 Å². The summed E-state index contributed by atoms with van der Waals surface area (Å²) in [5, 5.41) is 29.0. The Labute approximate surface area is 281 Å². The number of hydrogen-bond acceptors (Lipinski definition) is 6. The van der Waals surface area contributed by atoms with Crippen molar-refractivity contribution in [1.82, 2.24) is 5.32 Å². The number of azo groups is 1. The lowest BCUT2D eigenvalue weighted by Gasteiger charge is -2.13. The lowest BCUT2D eigenvalue weighted by molar-refractivity contribution is -0.143. The number of rotatable bonds is 28. The molecule has 1 atom stereocenters. The third kappa shape index (κ3) is 20.2. The Morgan fingerprint density at radius 2 is 1.17 bits per heavy atom. The first-order valence-corrected chi connectivity index (χ1v) is 17.8. The van der Waals surface area contributed by atoms with Crippen LogP contribution in [-0.2, 0) is 20.8 Å². The fourth-order valence-corrected chi connectivity index (χ4v) is 5.35. The highest BCUT2D eigenvalue weighted by atomic mass is 16.5. The third-order valence-electron chi connectivity index (χ3n) is 8.22. The zero-order valence-corrected chi connectivity index (χ0v) is 28.5. The Bertz CT molecular complexity index is 1170. The van der Waals surface area contributed by atoms with Gasteiger partial charge in [-0.2, -0.15) is 10.2 Å². The second-order valence-corrected chi connectivity index (χ2v) is 12.4. The SMILES string of the molecule is CCCCCCCCCCc1ccc(N=Nc2ccc(OCCCCCCCCCCC(=O)N[C@@H](CCC(=O)O)C(=O)O)cc2)cc1. The van der Waals surface area contributed by atoms with Crippen LogP contribution >= 0.6 is 0 Å². The van der Waals surface area contributed by atoms with Gasteiger partial charge < -0.3 is 20.3 Å². The first-order chi connectivity index (χ1) is 22.9. The topological polar surface area (TPSA) is 138 Å². The molecule has 0 heterocycles. The van der Waals surface area contributed by atoms with Crippen LogP contribution in [0.5, 0.6) is 5.75 Å². The predicted molar refractivity (Wildman–Crippen MR) is 187 cm³/mol. The first kappa shape index (κ1) is 39.4. The van der Waals surface area contributed by atoms with Crippen LogP contribution in [0, 0.1) is 0 Å². The molecule has 0 saturated heterocycles. The van der Waals surface area contributed by atoms with Gasteiger partial charge in [-0.3, -0.25) is 9.59 Å². The first-order valence-electron chi connectivity index (χ1n) is 17.8. The summed E-state index contributed by atoms with van der Waals surface area (Å²) in [6.07, 6.45) is 19.7. The number of aryl methyl sites for hydroxylation is 1. The third-order valence-corrected chi connectivity index (χ3v) is 8.22. The number of carboxylic acids is 2. The number of carbonyl (C=O) groups excluding carboxylic acids is 1. The average Bonchev–Trinajstić information content (AvgIpc) is 3.06. The molecule has 0 bridgehead atoms. The highest BCUT2D eigenvalue weighted by Crippen LogP contribution is 2.22. The fourth-order valence-electron chi connectivity index (χ4n) is 5.35. The average molecular weight is 652 g/mol. The van der Waals surface area contributed by atoms with Gasteiger partial charge in [-0.25, -0.2) is 4.79 Å². The maximum Gasteiger partial charge on any atom is 0.326 e. The normalized spacial score (nSPS) is 11.9. The van der Waals surface area contributed by atoms with Gasteiger partial charge in [-0.05, 0) is 74.1 Å². The van der Waals surface area contributed by atoms with Gasteiger partial charge in [0.05, 0.1) is 18.0 Å². The minimum Gasteiger partial charge on any atom is -0.494 e. The van der Waals surface area contributed by atoms with Crippen LogP contribution in [0.3, 0.4) is 0 Å². The van der Waals surface area contributed by atoms with E-state index in [1.807, 2.05) is 36.4 Å². The summed E-state index contributed by atoms with van der Waals surface area (Å²) in [5.41, 5.74) is 3.01. The zero-order chi connectivity index (χ0) is 34.0. The smallest absolute Gasteiger partial charge is 0.326 e. The van der Waals surface area contributed by atoms with E-state index < -0.39 is 18.0 Å². The number of carboxylic acid groups (broad SMARTS) is 2. The van der Waals surface area contributed by atoms with E-state index >= 15 is 0 Å². The molecule has 47 heavy (non-hydrogen) atoms. The molecule has 0 aliphatic rings. The largest absolute Gasteiger partial charge is 0.494 e. The maximum absolute atomic E-state index is 12.0. The molecule has 2 aromatic carbocycles. The van der Waals surface area contributed by atoms with Gasteiger partial charge in [-0.1, -0.05) is 103 Å². The number of ether oxygens (including phenoxy) is 1. The molecule has 3 N–H and O–H groups in total. The Kier molecular flexibility index (Phi) is 21.3. The molecule has 0 saturated carbocycles. The summed E-state index contributed by atoms with van der Waals surface area (Å²) in [6, 6.07) is 14.9. The van der Waals surface area contributed by atoms with Crippen LogP contribution in [0.25, 0.3) is 0 Å². The van der Waals surface area contributed by atoms with Crippen LogP contribution < -0.4 is 10.1 Å². The quantitative estimate of drug-likeness (QED) is 0.0618. The van der Waals surface area contributed by atoms with Crippen molar-refractivity contribution in [2.24, 2.45) is 10.2 Å². The van der Waals surface area contributed by atoms with E-state index in [4.69, 9.17) is 14.9 Å². The molecular formula is C38H57N3O6. The molecule has 2 rings (SSSR count). The Morgan fingerprint density at radius 1 is 0.660 bits per heavy atom. The fraction of sp³-hybridized carbons (Fsp3) is 0.605. The number of unbranched alkanes of at least 4 members (excludes halogenated alkanes) is 14. The number of benzene rings is 2. The van der Waals surface area contributed by atoms with Crippen molar-refractivity contribution in [3.63, 3.8) is 0 Å². The van der Waals surface area contributed by atoms with E-state index in [-0.39, 0.29) is 25.2 Å². The zero-order valence-electron chi connectivity index (χ0n) is 28.5. The van der Waals surface area contributed by atoms with Crippen molar-refractivity contribution in [2.75, 3.05) is 6.61 Å².